The fourth-order valence-electron chi connectivity index (χ4n) is 2.75. The number of aromatic nitrogens is 1. The predicted octanol–water partition coefficient (Wildman–Crippen LogP) is 5.33. The van der Waals surface area contributed by atoms with Gasteiger partial charge in [-0.15, -0.1) is 11.3 Å². The minimum absolute atomic E-state index is 0.129. The first-order chi connectivity index (χ1) is 10.7. The number of nitriles is 1. The molecule has 0 saturated heterocycles. The number of benzene rings is 1. The van der Waals surface area contributed by atoms with Crippen LogP contribution in [0.5, 0.6) is 0 Å². The summed E-state index contributed by atoms with van der Waals surface area (Å²) in [6, 6.07) is 5.97. The van der Waals surface area contributed by atoms with Crippen LogP contribution in [0.2, 0.25) is 0 Å². The first-order valence-electron chi connectivity index (χ1n) is 7.23. The van der Waals surface area contributed by atoms with Gasteiger partial charge in [0.15, 0.2) is 0 Å². The van der Waals surface area contributed by atoms with Gasteiger partial charge >= 0.3 is 0 Å². The Kier molecular flexibility index (Phi) is 4.30. The summed E-state index contributed by atoms with van der Waals surface area (Å²) < 4.78 is 27.7. The normalized spacial score (nSPS) is 14.7. The topological polar surface area (TPSA) is 36.7 Å². The van der Waals surface area contributed by atoms with E-state index in [4.69, 9.17) is 0 Å². The molecule has 1 aromatic heterocycles. The maximum atomic E-state index is 13.8. The Hall–Kier alpha value is -2.06. The fraction of sp³-hybridized carbons (Fsp3) is 0.294. The van der Waals surface area contributed by atoms with Gasteiger partial charge in [-0.2, -0.15) is 5.26 Å². The van der Waals surface area contributed by atoms with Crippen molar-refractivity contribution in [2.24, 2.45) is 0 Å². The second kappa shape index (κ2) is 6.37. The Morgan fingerprint density at radius 2 is 1.82 bits per heavy atom. The van der Waals surface area contributed by atoms with Crippen LogP contribution in [0.25, 0.3) is 16.8 Å². The molecule has 3 rings (SSSR count). The van der Waals surface area contributed by atoms with Crippen LogP contribution in [0.4, 0.5) is 8.78 Å². The van der Waals surface area contributed by atoms with Gasteiger partial charge in [0.1, 0.15) is 22.7 Å². The zero-order valence-corrected chi connectivity index (χ0v) is 12.7. The Labute approximate surface area is 131 Å². The summed E-state index contributed by atoms with van der Waals surface area (Å²) >= 11 is 1.26. The van der Waals surface area contributed by atoms with Crippen molar-refractivity contribution in [1.29, 1.82) is 5.26 Å². The molecule has 2 nitrogen and oxygen atoms in total. The van der Waals surface area contributed by atoms with Crippen molar-refractivity contribution in [1.82, 2.24) is 4.98 Å². The Bertz CT molecular complexity index is 743. The molecule has 1 aliphatic carbocycles. The fourth-order valence-corrected chi connectivity index (χ4v) is 3.61. The summed E-state index contributed by atoms with van der Waals surface area (Å²) in [5.41, 5.74) is 1.81. The average Bonchev–Trinajstić information content (AvgIpc) is 2.98. The van der Waals surface area contributed by atoms with Crippen molar-refractivity contribution in [3.8, 4) is 17.3 Å². The molecule has 5 heteroatoms. The molecular weight excluding hydrogens is 302 g/mol. The first-order valence-corrected chi connectivity index (χ1v) is 8.11. The van der Waals surface area contributed by atoms with Gasteiger partial charge in [-0.05, 0) is 43.4 Å². The van der Waals surface area contributed by atoms with Crippen LogP contribution in [0, 0.1) is 23.0 Å². The quantitative estimate of drug-likeness (QED) is 0.702. The molecule has 0 bridgehead atoms. The van der Waals surface area contributed by atoms with Gasteiger partial charge in [-0.3, -0.25) is 0 Å². The molecule has 1 saturated carbocycles. The molecule has 1 heterocycles. The molecule has 0 amide bonds. The van der Waals surface area contributed by atoms with E-state index in [1.54, 1.807) is 5.38 Å². The number of halogens is 2. The molecule has 0 N–H and O–H groups in total. The monoisotopic (exact) mass is 316 g/mol. The van der Waals surface area contributed by atoms with E-state index in [9.17, 15) is 14.0 Å². The van der Waals surface area contributed by atoms with Crippen molar-refractivity contribution in [2.75, 3.05) is 0 Å². The maximum absolute atomic E-state index is 13.8. The van der Waals surface area contributed by atoms with E-state index in [-0.39, 0.29) is 11.3 Å². The third-order valence-electron chi connectivity index (χ3n) is 3.86. The highest BCUT2D eigenvalue weighted by atomic mass is 32.1. The highest BCUT2D eigenvalue weighted by molar-refractivity contribution is 7.11. The van der Waals surface area contributed by atoms with Gasteiger partial charge in [0.05, 0.1) is 16.8 Å². The number of nitrogens with zero attached hydrogens (tertiary/aromatic N) is 2. The van der Waals surface area contributed by atoms with E-state index in [0.717, 1.165) is 31.3 Å². The third-order valence-corrected chi connectivity index (χ3v) is 4.72. The second-order valence-electron chi connectivity index (χ2n) is 5.29. The van der Waals surface area contributed by atoms with Gasteiger partial charge in [-0.25, -0.2) is 13.8 Å². The molecular formula is C17H14F2N2S. The summed E-state index contributed by atoms with van der Waals surface area (Å²) in [5, 5.41) is 11.6. The van der Waals surface area contributed by atoms with Gasteiger partial charge in [0, 0.05) is 5.38 Å². The number of hydrogen-bond acceptors (Lipinski definition) is 3. The van der Waals surface area contributed by atoms with Crippen molar-refractivity contribution in [3.05, 3.63) is 45.8 Å². The van der Waals surface area contributed by atoms with Crippen LogP contribution < -0.4 is 0 Å². The SMILES string of the molecule is N#CC(=C1CCCCC1)c1nc(-c2c(F)cccc2F)cs1. The van der Waals surface area contributed by atoms with Gasteiger partial charge in [-0.1, -0.05) is 12.5 Å². The minimum Gasteiger partial charge on any atom is -0.235 e. The zero-order chi connectivity index (χ0) is 15.5. The average molecular weight is 316 g/mol. The van der Waals surface area contributed by atoms with Gasteiger partial charge < -0.3 is 0 Å². The number of allylic oxidation sites excluding steroid dienone is 2. The molecule has 2 aromatic rings. The smallest absolute Gasteiger partial charge is 0.135 e. The van der Waals surface area contributed by atoms with E-state index < -0.39 is 11.6 Å². The Morgan fingerprint density at radius 3 is 2.45 bits per heavy atom. The summed E-state index contributed by atoms with van der Waals surface area (Å²) in [6.45, 7) is 0. The van der Waals surface area contributed by atoms with Crippen LogP contribution in [0.15, 0.2) is 29.2 Å². The van der Waals surface area contributed by atoms with Crippen molar-refractivity contribution < 1.29 is 8.78 Å². The van der Waals surface area contributed by atoms with E-state index in [1.165, 1.54) is 36.0 Å². The maximum Gasteiger partial charge on any atom is 0.135 e. The second-order valence-corrected chi connectivity index (χ2v) is 6.14. The molecule has 1 aromatic carbocycles. The predicted molar refractivity (Wildman–Crippen MR) is 83.1 cm³/mol. The number of thiazole rings is 1. The number of hydrogen-bond donors (Lipinski definition) is 0. The first kappa shape index (κ1) is 14.9. The Morgan fingerprint density at radius 1 is 1.14 bits per heavy atom. The molecule has 0 atom stereocenters. The summed E-state index contributed by atoms with van der Waals surface area (Å²) in [5.74, 6) is -1.28. The molecule has 0 spiro atoms. The number of rotatable bonds is 2. The van der Waals surface area contributed by atoms with Crippen LogP contribution >= 0.6 is 11.3 Å². The van der Waals surface area contributed by atoms with Crippen LogP contribution in [-0.2, 0) is 0 Å². The van der Waals surface area contributed by atoms with Crippen molar-refractivity contribution in [3.63, 3.8) is 0 Å². The van der Waals surface area contributed by atoms with Crippen molar-refractivity contribution in [2.45, 2.75) is 32.1 Å². The van der Waals surface area contributed by atoms with E-state index in [2.05, 4.69) is 11.1 Å². The lowest BCUT2D eigenvalue weighted by Crippen LogP contribution is -1.98. The van der Waals surface area contributed by atoms with Crippen LogP contribution in [0.1, 0.15) is 37.1 Å². The molecule has 22 heavy (non-hydrogen) atoms. The van der Waals surface area contributed by atoms with E-state index >= 15 is 0 Å². The Balaban J connectivity index is 2.02. The van der Waals surface area contributed by atoms with E-state index in [1.807, 2.05) is 0 Å². The minimum atomic E-state index is -0.638. The lowest BCUT2D eigenvalue weighted by molar-refractivity contribution is 0.589. The molecule has 0 radical (unpaired) electrons. The highest BCUT2D eigenvalue weighted by Gasteiger charge is 2.18. The highest BCUT2D eigenvalue weighted by Crippen LogP contribution is 2.34. The molecule has 1 fully saturated rings. The van der Waals surface area contributed by atoms with Crippen LogP contribution in [0.3, 0.4) is 0 Å². The van der Waals surface area contributed by atoms with Gasteiger partial charge in [0.25, 0.3) is 0 Å². The standard InChI is InChI=1S/C17H14F2N2S/c18-13-7-4-8-14(19)16(13)15-10-22-17(21-15)12(9-20)11-5-2-1-3-6-11/h4,7-8,10H,1-3,5-6H2. The zero-order valence-electron chi connectivity index (χ0n) is 11.9. The largest absolute Gasteiger partial charge is 0.235 e. The van der Waals surface area contributed by atoms with Crippen molar-refractivity contribution >= 4 is 16.9 Å². The summed E-state index contributed by atoms with van der Waals surface area (Å²) in [4.78, 5) is 4.31. The molecule has 0 aliphatic heterocycles. The lowest BCUT2D eigenvalue weighted by Gasteiger charge is -2.14. The summed E-state index contributed by atoms with van der Waals surface area (Å²) in [7, 11) is 0. The lowest BCUT2D eigenvalue weighted by atomic mass is 9.91. The molecule has 112 valence electrons. The summed E-state index contributed by atoms with van der Waals surface area (Å²) in [6.07, 6.45) is 5.17. The third kappa shape index (κ3) is 2.79. The van der Waals surface area contributed by atoms with Gasteiger partial charge in [0.2, 0.25) is 0 Å². The molecule has 0 unspecified atom stereocenters. The van der Waals surface area contributed by atoms with Crippen LogP contribution in [-0.4, -0.2) is 4.98 Å². The van der Waals surface area contributed by atoms with E-state index in [0.29, 0.717) is 10.6 Å². The molecule has 1 aliphatic rings.